The third kappa shape index (κ3) is 4.16. The number of pyridine rings is 1. The van der Waals surface area contributed by atoms with E-state index in [0.29, 0.717) is 11.0 Å². The van der Waals surface area contributed by atoms with E-state index in [4.69, 9.17) is 0 Å². The molecule has 0 saturated heterocycles. The van der Waals surface area contributed by atoms with Crippen molar-refractivity contribution in [3.63, 3.8) is 0 Å². The molecule has 1 unspecified atom stereocenters. The second kappa shape index (κ2) is 8.96. The number of aromatic nitrogens is 6. The van der Waals surface area contributed by atoms with Gasteiger partial charge in [0.15, 0.2) is 11.0 Å². The van der Waals surface area contributed by atoms with Crippen molar-refractivity contribution in [3.05, 3.63) is 65.7 Å². The minimum Gasteiger partial charge on any atom is -0.322 e. The molecule has 3 heterocycles. The molecule has 0 spiro atoms. The van der Waals surface area contributed by atoms with Gasteiger partial charge >= 0.3 is 0 Å². The fraction of sp³-hybridized carbons (Fsp3) is 0.261. The third-order valence-electron chi connectivity index (χ3n) is 5.34. The van der Waals surface area contributed by atoms with Crippen LogP contribution in [-0.2, 0) is 11.8 Å². The van der Waals surface area contributed by atoms with Crippen molar-refractivity contribution in [1.29, 1.82) is 0 Å². The lowest BCUT2D eigenvalue weighted by atomic mass is 10.2. The van der Waals surface area contributed by atoms with Crippen molar-refractivity contribution in [1.82, 2.24) is 29.5 Å². The van der Waals surface area contributed by atoms with E-state index in [2.05, 4.69) is 25.6 Å². The minimum atomic E-state index is -0.397. The molecule has 1 N–H and O–H groups in total. The highest BCUT2D eigenvalue weighted by Crippen LogP contribution is 2.32. The molecule has 4 aromatic rings. The zero-order chi connectivity index (χ0) is 22.8. The van der Waals surface area contributed by atoms with Gasteiger partial charge in [-0.25, -0.2) is 0 Å². The number of para-hydroxylation sites is 1. The first kappa shape index (κ1) is 21.8. The Balaban J connectivity index is 1.67. The summed E-state index contributed by atoms with van der Waals surface area (Å²) < 4.78 is 3.76. The average Bonchev–Trinajstić information content (AvgIpc) is 3.30. The summed E-state index contributed by atoms with van der Waals surface area (Å²) >= 11 is 1.37. The highest BCUT2D eigenvalue weighted by atomic mass is 32.2. The number of hydrogen-bond acceptors (Lipinski definition) is 6. The average molecular weight is 448 g/mol. The van der Waals surface area contributed by atoms with Crippen LogP contribution in [0.4, 0.5) is 5.69 Å². The van der Waals surface area contributed by atoms with Gasteiger partial charge in [0.2, 0.25) is 5.91 Å². The van der Waals surface area contributed by atoms with E-state index < -0.39 is 5.25 Å². The van der Waals surface area contributed by atoms with Crippen LogP contribution in [0.2, 0.25) is 0 Å². The SMILES string of the molecule is Cc1ccccc1-n1c(SC(C)C(=O)Nc2c(C)nn(C)c2C)nnc1-c1ccncc1. The monoisotopic (exact) mass is 447 g/mol. The molecular weight excluding hydrogens is 422 g/mol. The molecule has 0 radical (unpaired) electrons. The van der Waals surface area contributed by atoms with E-state index in [0.717, 1.165) is 33.9 Å². The van der Waals surface area contributed by atoms with Crippen molar-refractivity contribution in [2.45, 2.75) is 38.1 Å². The largest absolute Gasteiger partial charge is 0.322 e. The van der Waals surface area contributed by atoms with Gasteiger partial charge < -0.3 is 5.32 Å². The summed E-state index contributed by atoms with van der Waals surface area (Å²) in [6.45, 7) is 7.73. The number of nitrogens with one attached hydrogen (secondary N) is 1. The molecule has 3 aromatic heterocycles. The van der Waals surface area contributed by atoms with E-state index in [1.165, 1.54) is 11.8 Å². The predicted octanol–water partition coefficient (Wildman–Crippen LogP) is 4.11. The van der Waals surface area contributed by atoms with Gasteiger partial charge in [-0.15, -0.1) is 10.2 Å². The second-order valence-corrected chi connectivity index (χ2v) is 8.89. The molecule has 1 amide bonds. The Bertz CT molecular complexity index is 1260. The van der Waals surface area contributed by atoms with Crippen LogP contribution in [0.5, 0.6) is 0 Å². The lowest BCUT2D eigenvalue weighted by Gasteiger charge is -2.15. The molecule has 0 aliphatic carbocycles. The van der Waals surface area contributed by atoms with Crippen LogP contribution in [-0.4, -0.2) is 40.7 Å². The van der Waals surface area contributed by atoms with Crippen molar-refractivity contribution in [2.24, 2.45) is 7.05 Å². The van der Waals surface area contributed by atoms with E-state index in [-0.39, 0.29) is 5.91 Å². The number of carbonyl (C=O) groups is 1. The topological polar surface area (TPSA) is 90.5 Å². The maximum absolute atomic E-state index is 13.0. The molecule has 1 atom stereocenters. The Labute approximate surface area is 191 Å². The zero-order valence-electron chi connectivity index (χ0n) is 18.7. The lowest BCUT2D eigenvalue weighted by Crippen LogP contribution is -2.23. The Hall–Kier alpha value is -3.46. The van der Waals surface area contributed by atoms with Crippen LogP contribution < -0.4 is 5.32 Å². The summed E-state index contributed by atoms with van der Waals surface area (Å²) in [4.78, 5) is 17.1. The summed E-state index contributed by atoms with van der Waals surface area (Å²) in [5, 5.41) is 16.5. The first-order chi connectivity index (χ1) is 15.4. The molecule has 0 aliphatic heterocycles. The molecule has 0 saturated carbocycles. The number of anilines is 1. The highest BCUT2D eigenvalue weighted by Gasteiger charge is 2.24. The van der Waals surface area contributed by atoms with Crippen LogP contribution in [0, 0.1) is 20.8 Å². The van der Waals surface area contributed by atoms with Gasteiger partial charge in [0, 0.05) is 25.0 Å². The molecule has 1 aromatic carbocycles. The van der Waals surface area contributed by atoms with E-state index >= 15 is 0 Å². The molecule has 8 nitrogen and oxygen atoms in total. The van der Waals surface area contributed by atoms with Gasteiger partial charge in [-0.05, 0) is 51.5 Å². The van der Waals surface area contributed by atoms with Crippen molar-refractivity contribution < 1.29 is 4.79 Å². The molecule has 0 aliphatic rings. The Morgan fingerprint density at radius 3 is 2.44 bits per heavy atom. The number of rotatable bonds is 6. The van der Waals surface area contributed by atoms with Gasteiger partial charge in [0.25, 0.3) is 0 Å². The second-order valence-electron chi connectivity index (χ2n) is 7.58. The summed E-state index contributed by atoms with van der Waals surface area (Å²) in [5.41, 5.74) is 5.42. The van der Waals surface area contributed by atoms with Gasteiger partial charge in [-0.2, -0.15) is 5.10 Å². The maximum atomic E-state index is 13.0. The summed E-state index contributed by atoms with van der Waals surface area (Å²) in [7, 11) is 1.86. The Morgan fingerprint density at radius 2 is 1.78 bits per heavy atom. The number of nitrogens with zero attached hydrogens (tertiary/aromatic N) is 6. The van der Waals surface area contributed by atoms with Crippen LogP contribution in [0.15, 0.2) is 53.9 Å². The van der Waals surface area contributed by atoms with Crippen molar-refractivity contribution in [3.8, 4) is 17.1 Å². The molecule has 0 bridgehead atoms. The van der Waals surface area contributed by atoms with E-state index in [1.807, 2.05) is 75.7 Å². The van der Waals surface area contributed by atoms with Crippen molar-refractivity contribution in [2.75, 3.05) is 5.32 Å². The molecular formula is C23H25N7OS. The van der Waals surface area contributed by atoms with Gasteiger partial charge in [0.1, 0.15) is 0 Å². The standard InChI is InChI=1S/C23H25N7OS/c1-14-8-6-7-9-19(14)30-21(18-10-12-24-13-11-18)26-27-23(30)32-17(4)22(31)25-20-15(2)28-29(5)16(20)3/h6-13,17H,1-5H3,(H,25,31). The number of amides is 1. The smallest absolute Gasteiger partial charge is 0.237 e. The molecule has 9 heteroatoms. The first-order valence-corrected chi connectivity index (χ1v) is 11.1. The fourth-order valence-electron chi connectivity index (χ4n) is 3.46. The number of benzene rings is 1. The number of thioether (sulfide) groups is 1. The number of carbonyl (C=O) groups excluding carboxylic acids is 1. The highest BCUT2D eigenvalue weighted by molar-refractivity contribution is 8.00. The summed E-state index contributed by atoms with van der Waals surface area (Å²) in [5.74, 6) is 0.592. The molecule has 164 valence electrons. The van der Waals surface area contributed by atoms with Crippen molar-refractivity contribution >= 4 is 23.4 Å². The minimum absolute atomic E-state index is 0.112. The molecule has 0 fully saturated rings. The third-order valence-corrected chi connectivity index (χ3v) is 6.38. The number of hydrogen-bond donors (Lipinski definition) is 1. The fourth-order valence-corrected chi connectivity index (χ4v) is 4.32. The maximum Gasteiger partial charge on any atom is 0.237 e. The van der Waals surface area contributed by atoms with Gasteiger partial charge in [0.05, 0.1) is 28.0 Å². The zero-order valence-corrected chi connectivity index (χ0v) is 19.5. The normalized spacial score (nSPS) is 12.0. The van der Waals surface area contributed by atoms with Crippen LogP contribution in [0.25, 0.3) is 17.1 Å². The first-order valence-electron chi connectivity index (χ1n) is 10.3. The van der Waals surface area contributed by atoms with Crippen LogP contribution in [0.1, 0.15) is 23.9 Å². The Morgan fingerprint density at radius 1 is 1.06 bits per heavy atom. The van der Waals surface area contributed by atoms with Crippen LogP contribution in [0.3, 0.4) is 0 Å². The van der Waals surface area contributed by atoms with E-state index in [9.17, 15) is 4.79 Å². The predicted molar refractivity (Wildman–Crippen MR) is 126 cm³/mol. The quantitative estimate of drug-likeness (QED) is 0.448. The van der Waals surface area contributed by atoms with Gasteiger partial charge in [-0.3, -0.25) is 19.0 Å². The molecule has 4 rings (SSSR count). The lowest BCUT2D eigenvalue weighted by molar-refractivity contribution is -0.115. The van der Waals surface area contributed by atoms with Gasteiger partial charge in [-0.1, -0.05) is 30.0 Å². The summed E-state index contributed by atoms with van der Waals surface area (Å²) in [6, 6.07) is 11.9. The van der Waals surface area contributed by atoms with Crippen LogP contribution >= 0.6 is 11.8 Å². The number of aryl methyl sites for hydroxylation is 3. The molecule has 32 heavy (non-hydrogen) atoms. The van der Waals surface area contributed by atoms with E-state index in [1.54, 1.807) is 17.1 Å². The Kier molecular flexibility index (Phi) is 6.09. The summed E-state index contributed by atoms with van der Waals surface area (Å²) in [6.07, 6.45) is 3.46.